The third-order valence-electron chi connectivity index (χ3n) is 1.06. The number of nitrogens with two attached hydrogens (primary N) is 2. The molecule has 0 aromatic rings. The molecule has 1 amide bonds. The van der Waals surface area contributed by atoms with Gasteiger partial charge in [-0.25, -0.2) is 0 Å². The van der Waals surface area contributed by atoms with E-state index in [0.29, 0.717) is 0 Å². The Hall–Kier alpha value is -1.20. The van der Waals surface area contributed by atoms with Gasteiger partial charge in [0.05, 0.1) is 0 Å². The number of carbonyl (C=O) groups is 1. The van der Waals surface area contributed by atoms with E-state index in [2.05, 4.69) is 5.43 Å². The lowest BCUT2D eigenvalue weighted by Crippen LogP contribution is -2.12. The second-order valence-corrected chi connectivity index (χ2v) is 2.99. The molecular formula is C8H13N3OS. The van der Waals surface area contributed by atoms with E-state index in [0.717, 1.165) is 4.91 Å². The zero-order valence-electron chi connectivity index (χ0n) is 7.36. The molecule has 0 heterocycles. The minimum Gasteiger partial charge on any atom is -0.366 e. The van der Waals surface area contributed by atoms with Crippen LogP contribution in [0, 0.1) is 0 Å². The number of hydrazine groups is 1. The van der Waals surface area contributed by atoms with Crippen molar-refractivity contribution in [3.05, 3.63) is 34.7 Å². The molecule has 0 bridgehead atoms. The maximum absolute atomic E-state index is 10.3. The van der Waals surface area contributed by atoms with Crippen LogP contribution in [0.2, 0.25) is 0 Å². The van der Waals surface area contributed by atoms with E-state index in [4.69, 9.17) is 11.6 Å². The van der Waals surface area contributed by atoms with Crippen molar-refractivity contribution in [3.63, 3.8) is 0 Å². The highest BCUT2D eigenvalue weighted by Gasteiger charge is 1.88. The van der Waals surface area contributed by atoms with Crippen molar-refractivity contribution in [1.29, 1.82) is 0 Å². The van der Waals surface area contributed by atoms with Gasteiger partial charge < -0.3 is 11.2 Å². The predicted molar refractivity (Wildman–Crippen MR) is 56.1 cm³/mol. The monoisotopic (exact) mass is 199 g/mol. The van der Waals surface area contributed by atoms with Crippen molar-refractivity contribution in [2.45, 2.75) is 6.92 Å². The lowest BCUT2D eigenvalue weighted by atomic mass is 10.5. The average molecular weight is 199 g/mol. The van der Waals surface area contributed by atoms with Crippen LogP contribution < -0.4 is 17.0 Å². The number of nitrogens with one attached hydrogen (secondary N) is 1. The van der Waals surface area contributed by atoms with E-state index in [-0.39, 0.29) is 0 Å². The normalized spacial score (nSPS) is 12.6. The molecule has 0 rings (SSSR count). The molecule has 0 spiro atoms. The Kier molecular flexibility index (Phi) is 6.76. The molecule has 0 unspecified atom stereocenters. The fourth-order valence-electron chi connectivity index (χ4n) is 0.513. The molecule has 0 fully saturated rings. The van der Waals surface area contributed by atoms with E-state index in [1.54, 1.807) is 17.7 Å². The number of rotatable bonds is 5. The highest BCUT2D eigenvalue weighted by molar-refractivity contribution is 8.06. The Bertz CT molecular complexity index is 246. The van der Waals surface area contributed by atoms with Crippen LogP contribution in [0.4, 0.5) is 0 Å². The summed E-state index contributed by atoms with van der Waals surface area (Å²) in [6.45, 7) is 1.89. The van der Waals surface area contributed by atoms with Gasteiger partial charge in [0.15, 0.2) is 0 Å². The summed E-state index contributed by atoms with van der Waals surface area (Å²) in [6.07, 6.45) is 6.58. The molecule has 0 aromatic heterocycles. The molecule has 0 saturated heterocycles. The molecular weight excluding hydrogens is 186 g/mol. The van der Waals surface area contributed by atoms with Gasteiger partial charge in [0.2, 0.25) is 5.91 Å². The third-order valence-corrected chi connectivity index (χ3v) is 1.98. The zero-order chi connectivity index (χ0) is 10.1. The summed E-state index contributed by atoms with van der Waals surface area (Å²) in [7, 11) is 0. The summed E-state index contributed by atoms with van der Waals surface area (Å²) in [5, 5.41) is 1.62. The Labute approximate surface area is 81.7 Å². The molecule has 0 saturated carbocycles. The van der Waals surface area contributed by atoms with Gasteiger partial charge in [-0.3, -0.25) is 10.6 Å². The lowest BCUT2D eigenvalue weighted by Gasteiger charge is -1.94. The number of amides is 1. The van der Waals surface area contributed by atoms with Crippen LogP contribution >= 0.6 is 11.8 Å². The van der Waals surface area contributed by atoms with E-state index in [9.17, 15) is 4.79 Å². The Morgan fingerprint density at radius 3 is 2.62 bits per heavy atom. The van der Waals surface area contributed by atoms with Gasteiger partial charge in [0.1, 0.15) is 0 Å². The van der Waals surface area contributed by atoms with E-state index >= 15 is 0 Å². The molecule has 0 aliphatic carbocycles. The topological polar surface area (TPSA) is 81.1 Å². The highest BCUT2D eigenvalue weighted by atomic mass is 32.2. The molecule has 0 aliphatic heterocycles. The second-order valence-electron chi connectivity index (χ2n) is 2.01. The summed E-state index contributed by atoms with van der Waals surface area (Å²) in [6, 6.07) is 0. The van der Waals surface area contributed by atoms with Gasteiger partial charge in [-0.15, -0.1) is 0 Å². The number of thioether (sulfide) groups is 1. The van der Waals surface area contributed by atoms with Gasteiger partial charge in [0.25, 0.3) is 0 Å². The van der Waals surface area contributed by atoms with Gasteiger partial charge in [0, 0.05) is 17.2 Å². The average Bonchev–Trinajstić information content (AvgIpc) is 2.10. The largest absolute Gasteiger partial charge is 0.366 e. The predicted octanol–water partition coefficient (Wildman–Crippen LogP) is 0.599. The standard InChI is InChI=1S/C8H13N3OS/c1-2-7(3-5-11-10)13-6-4-8(9)12/h2-6,11H,10H2,1H3,(H2,9,12)/b5-3+,6-4+,7-2-. The first-order valence-electron chi connectivity index (χ1n) is 3.62. The maximum atomic E-state index is 10.3. The van der Waals surface area contributed by atoms with Crippen molar-refractivity contribution in [3.8, 4) is 0 Å². The Morgan fingerprint density at radius 2 is 2.15 bits per heavy atom. The van der Waals surface area contributed by atoms with Crippen molar-refractivity contribution in [2.24, 2.45) is 11.6 Å². The van der Waals surface area contributed by atoms with Crippen LogP contribution in [-0.4, -0.2) is 5.91 Å². The van der Waals surface area contributed by atoms with Gasteiger partial charge in [-0.05, 0) is 18.4 Å². The number of hydrogen-bond acceptors (Lipinski definition) is 4. The molecule has 0 atom stereocenters. The molecule has 13 heavy (non-hydrogen) atoms. The Balaban J connectivity index is 4.01. The minimum absolute atomic E-state index is 0.455. The summed E-state index contributed by atoms with van der Waals surface area (Å²) in [5.74, 6) is 4.59. The first-order valence-corrected chi connectivity index (χ1v) is 4.50. The summed E-state index contributed by atoms with van der Waals surface area (Å²) in [4.78, 5) is 11.3. The number of primary amides is 1. The molecule has 0 aromatic carbocycles. The molecule has 5 heteroatoms. The van der Waals surface area contributed by atoms with E-state index in [1.165, 1.54) is 17.8 Å². The van der Waals surface area contributed by atoms with Crippen molar-refractivity contribution in [2.75, 3.05) is 0 Å². The van der Waals surface area contributed by atoms with Crippen LogP contribution in [0.5, 0.6) is 0 Å². The van der Waals surface area contributed by atoms with Gasteiger partial charge in [-0.1, -0.05) is 17.8 Å². The molecule has 0 aliphatic rings. The number of hydrogen-bond donors (Lipinski definition) is 3. The number of carbonyl (C=O) groups excluding carboxylic acids is 1. The quantitative estimate of drug-likeness (QED) is 0.262. The second kappa shape index (κ2) is 7.45. The molecule has 4 nitrogen and oxygen atoms in total. The maximum Gasteiger partial charge on any atom is 0.241 e. The van der Waals surface area contributed by atoms with Crippen LogP contribution in [0.25, 0.3) is 0 Å². The van der Waals surface area contributed by atoms with E-state index in [1.807, 2.05) is 13.0 Å². The first kappa shape index (κ1) is 11.8. The van der Waals surface area contributed by atoms with Crippen LogP contribution in [0.15, 0.2) is 34.7 Å². The van der Waals surface area contributed by atoms with Gasteiger partial charge >= 0.3 is 0 Å². The van der Waals surface area contributed by atoms with Crippen molar-refractivity contribution < 1.29 is 4.79 Å². The summed E-state index contributed by atoms with van der Waals surface area (Å²) >= 11 is 1.39. The molecule has 0 radical (unpaired) electrons. The zero-order valence-corrected chi connectivity index (χ0v) is 8.17. The SMILES string of the molecule is C/C=C(/C=C/NN)S/C=C/C(N)=O. The highest BCUT2D eigenvalue weighted by Crippen LogP contribution is 2.17. The number of allylic oxidation sites excluding steroid dienone is 2. The fraction of sp³-hybridized carbons (Fsp3) is 0.125. The van der Waals surface area contributed by atoms with Crippen LogP contribution in [0.3, 0.4) is 0 Å². The van der Waals surface area contributed by atoms with Gasteiger partial charge in [-0.2, -0.15) is 0 Å². The smallest absolute Gasteiger partial charge is 0.241 e. The molecule has 5 N–H and O–H groups in total. The first-order chi connectivity index (χ1) is 6.20. The van der Waals surface area contributed by atoms with Crippen molar-refractivity contribution in [1.82, 2.24) is 5.43 Å². The summed E-state index contributed by atoms with van der Waals surface area (Å²) in [5.41, 5.74) is 7.29. The van der Waals surface area contributed by atoms with E-state index < -0.39 is 5.91 Å². The summed E-state index contributed by atoms with van der Waals surface area (Å²) < 4.78 is 0. The third kappa shape index (κ3) is 7.17. The Morgan fingerprint density at radius 1 is 1.46 bits per heavy atom. The van der Waals surface area contributed by atoms with Crippen LogP contribution in [0.1, 0.15) is 6.92 Å². The fourth-order valence-corrected chi connectivity index (χ4v) is 1.16. The van der Waals surface area contributed by atoms with Crippen LogP contribution in [-0.2, 0) is 4.79 Å². The lowest BCUT2D eigenvalue weighted by molar-refractivity contribution is -0.113. The van der Waals surface area contributed by atoms with Crippen molar-refractivity contribution >= 4 is 17.7 Å². The minimum atomic E-state index is -0.455. The molecule has 72 valence electrons.